The van der Waals surface area contributed by atoms with Gasteiger partial charge in [-0.1, -0.05) is 31.2 Å². The first-order chi connectivity index (χ1) is 8.76. The normalized spacial score (nSPS) is 14.7. The zero-order valence-corrected chi connectivity index (χ0v) is 10.6. The molecule has 1 fully saturated rings. The van der Waals surface area contributed by atoms with Crippen molar-refractivity contribution in [3.63, 3.8) is 0 Å². The molecule has 0 radical (unpaired) electrons. The summed E-state index contributed by atoms with van der Waals surface area (Å²) in [5.41, 5.74) is 9.25. The van der Waals surface area contributed by atoms with Crippen molar-refractivity contribution in [3.05, 3.63) is 41.7 Å². The Balaban J connectivity index is 1.98. The molecule has 2 N–H and O–H groups in total. The average Bonchev–Trinajstić information content (AvgIpc) is 3.22. The van der Waals surface area contributed by atoms with Gasteiger partial charge in [0.2, 0.25) is 0 Å². The van der Waals surface area contributed by atoms with Crippen LogP contribution in [0, 0.1) is 0 Å². The van der Waals surface area contributed by atoms with E-state index in [1.807, 2.05) is 6.07 Å². The van der Waals surface area contributed by atoms with Crippen molar-refractivity contribution >= 4 is 5.82 Å². The van der Waals surface area contributed by atoms with Crippen molar-refractivity contribution in [1.29, 1.82) is 0 Å². The largest absolute Gasteiger partial charge is 0.384 e. The van der Waals surface area contributed by atoms with Gasteiger partial charge in [0.15, 0.2) is 0 Å². The highest BCUT2D eigenvalue weighted by Gasteiger charge is 2.27. The molecule has 1 aromatic carbocycles. The van der Waals surface area contributed by atoms with E-state index in [-0.39, 0.29) is 0 Å². The highest BCUT2D eigenvalue weighted by Crippen LogP contribution is 2.38. The number of aryl methyl sites for hydroxylation is 1. The number of anilines is 1. The lowest BCUT2D eigenvalue weighted by Gasteiger charge is -2.06. The van der Waals surface area contributed by atoms with Crippen LogP contribution in [0.4, 0.5) is 5.82 Å². The molecule has 0 spiro atoms. The maximum Gasteiger partial charge on any atom is 0.134 e. The predicted molar refractivity (Wildman–Crippen MR) is 73.2 cm³/mol. The fraction of sp³-hybridized carbons (Fsp3) is 0.333. The van der Waals surface area contributed by atoms with Crippen LogP contribution in [0.2, 0.25) is 0 Å². The van der Waals surface area contributed by atoms with Gasteiger partial charge in [-0.25, -0.2) is 9.97 Å². The van der Waals surface area contributed by atoms with E-state index >= 15 is 0 Å². The highest BCUT2D eigenvalue weighted by atomic mass is 15.0. The summed E-state index contributed by atoms with van der Waals surface area (Å²) in [6.45, 7) is 2.16. The smallest absolute Gasteiger partial charge is 0.134 e. The van der Waals surface area contributed by atoms with Crippen molar-refractivity contribution in [2.24, 2.45) is 0 Å². The third-order valence-electron chi connectivity index (χ3n) is 3.36. The first kappa shape index (κ1) is 11.2. The molecule has 3 rings (SSSR count). The van der Waals surface area contributed by atoms with Crippen LogP contribution < -0.4 is 5.73 Å². The minimum Gasteiger partial charge on any atom is -0.384 e. The number of nitrogens with zero attached hydrogens (tertiary/aromatic N) is 2. The quantitative estimate of drug-likeness (QED) is 0.895. The maximum absolute atomic E-state index is 5.87. The Bertz CT molecular complexity index is 556. The van der Waals surface area contributed by atoms with Crippen molar-refractivity contribution in [3.8, 4) is 11.3 Å². The maximum atomic E-state index is 5.87. The zero-order valence-electron chi connectivity index (χ0n) is 10.6. The number of aromatic nitrogens is 2. The van der Waals surface area contributed by atoms with Crippen LogP contribution in [0.15, 0.2) is 30.3 Å². The van der Waals surface area contributed by atoms with Crippen LogP contribution in [0.25, 0.3) is 11.3 Å². The Morgan fingerprint density at radius 2 is 1.89 bits per heavy atom. The Labute approximate surface area is 107 Å². The Hall–Kier alpha value is -1.90. The molecular weight excluding hydrogens is 222 g/mol. The van der Waals surface area contributed by atoms with Crippen LogP contribution in [0.5, 0.6) is 0 Å². The molecule has 0 amide bonds. The first-order valence-electron chi connectivity index (χ1n) is 6.50. The van der Waals surface area contributed by atoms with E-state index in [4.69, 9.17) is 5.73 Å². The molecule has 1 aliphatic rings. The van der Waals surface area contributed by atoms with E-state index in [1.54, 1.807) is 0 Å². The van der Waals surface area contributed by atoms with E-state index in [9.17, 15) is 0 Å². The standard InChI is InChI=1S/C15H17N3/c1-2-10-3-5-11(6-4-10)13-9-14(16)18-15(17-13)12-7-8-12/h3-6,9,12H,2,7-8H2,1H3,(H2,16,17,18). The predicted octanol–water partition coefficient (Wildman–Crippen LogP) is 3.17. The second kappa shape index (κ2) is 4.41. The fourth-order valence-corrected chi connectivity index (χ4v) is 2.07. The van der Waals surface area contributed by atoms with Gasteiger partial charge in [-0.15, -0.1) is 0 Å². The molecule has 18 heavy (non-hydrogen) atoms. The summed E-state index contributed by atoms with van der Waals surface area (Å²) in [7, 11) is 0. The number of rotatable bonds is 3. The number of hydrogen-bond acceptors (Lipinski definition) is 3. The fourth-order valence-electron chi connectivity index (χ4n) is 2.07. The van der Waals surface area contributed by atoms with Crippen LogP contribution in [0.3, 0.4) is 0 Å². The Morgan fingerprint density at radius 3 is 2.50 bits per heavy atom. The van der Waals surface area contributed by atoms with Crippen molar-refractivity contribution in [1.82, 2.24) is 9.97 Å². The lowest BCUT2D eigenvalue weighted by molar-refractivity contribution is 0.936. The Morgan fingerprint density at radius 1 is 1.17 bits per heavy atom. The van der Waals surface area contributed by atoms with Gasteiger partial charge in [0.1, 0.15) is 11.6 Å². The van der Waals surface area contributed by atoms with Crippen molar-refractivity contribution in [2.75, 3.05) is 5.73 Å². The number of nitrogens with two attached hydrogens (primary N) is 1. The number of hydrogen-bond donors (Lipinski definition) is 1. The second-order valence-electron chi connectivity index (χ2n) is 4.86. The molecule has 0 atom stereocenters. The molecule has 0 saturated heterocycles. The van der Waals surface area contributed by atoms with Gasteiger partial charge >= 0.3 is 0 Å². The van der Waals surface area contributed by atoms with Crippen LogP contribution in [0.1, 0.15) is 37.1 Å². The second-order valence-corrected chi connectivity index (χ2v) is 4.86. The van der Waals surface area contributed by atoms with Crippen molar-refractivity contribution in [2.45, 2.75) is 32.1 Å². The van der Waals surface area contributed by atoms with Crippen LogP contribution in [-0.4, -0.2) is 9.97 Å². The summed E-state index contributed by atoms with van der Waals surface area (Å²) in [5, 5.41) is 0. The lowest BCUT2D eigenvalue weighted by Crippen LogP contribution is -2.00. The minimum absolute atomic E-state index is 0.530. The zero-order chi connectivity index (χ0) is 12.5. The van der Waals surface area contributed by atoms with Gasteiger partial charge in [-0.2, -0.15) is 0 Å². The monoisotopic (exact) mass is 239 g/mol. The molecule has 3 nitrogen and oxygen atoms in total. The molecule has 1 aromatic heterocycles. The summed E-state index contributed by atoms with van der Waals surface area (Å²) < 4.78 is 0. The molecule has 1 heterocycles. The Kier molecular flexibility index (Phi) is 2.74. The van der Waals surface area contributed by atoms with Gasteiger partial charge in [0.25, 0.3) is 0 Å². The van der Waals surface area contributed by atoms with E-state index < -0.39 is 0 Å². The SMILES string of the molecule is CCc1ccc(-c2cc(N)nc(C3CC3)n2)cc1. The van der Waals surface area contributed by atoms with E-state index in [1.165, 1.54) is 18.4 Å². The van der Waals surface area contributed by atoms with Gasteiger partial charge < -0.3 is 5.73 Å². The van der Waals surface area contributed by atoms with Crippen LogP contribution in [-0.2, 0) is 6.42 Å². The summed E-state index contributed by atoms with van der Waals surface area (Å²) in [6.07, 6.45) is 3.44. The molecule has 3 heteroatoms. The summed E-state index contributed by atoms with van der Waals surface area (Å²) in [4.78, 5) is 8.95. The summed E-state index contributed by atoms with van der Waals surface area (Å²) >= 11 is 0. The average molecular weight is 239 g/mol. The molecule has 2 aromatic rings. The minimum atomic E-state index is 0.530. The van der Waals surface area contributed by atoms with Gasteiger partial charge in [0.05, 0.1) is 5.69 Å². The molecular formula is C15H17N3. The molecule has 1 aliphatic carbocycles. The number of nitrogen functional groups attached to an aromatic ring is 1. The van der Waals surface area contributed by atoms with Crippen molar-refractivity contribution < 1.29 is 0 Å². The molecule has 0 bridgehead atoms. The number of benzene rings is 1. The van der Waals surface area contributed by atoms with Gasteiger partial charge in [-0.05, 0) is 24.8 Å². The molecule has 0 unspecified atom stereocenters. The van der Waals surface area contributed by atoms with Crippen LogP contribution >= 0.6 is 0 Å². The third kappa shape index (κ3) is 2.21. The highest BCUT2D eigenvalue weighted by molar-refractivity contribution is 5.62. The first-order valence-corrected chi connectivity index (χ1v) is 6.50. The molecule has 1 saturated carbocycles. The molecule has 0 aliphatic heterocycles. The van der Waals surface area contributed by atoms with E-state index in [2.05, 4.69) is 41.2 Å². The topological polar surface area (TPSA) is 51.8 Å². The summed E-state index contributed by atoms with van der Waals surface area (Å²) in [6, 6.07) is 10.4. The lowest BCUT2D eigenvalue weighted by atomic mass is 10.1. The van der Waals surface area contributed by atoms with E-state index in [0.29, 0.717) is 11.7 Å². The summed E-state index contributed by atoms with van der Waals surface area (Å²) in [5.74, 6) is 2.01. The van der Waals surface area contributed by atoms with E-state index in [0.717, 1.165) is 23.5 Å². The molecule has 92 valence electrons. The van der Waals surface area contributed by atoms with Gasteiger partial charge in [0, 0.05) is 17.5 Å². The van der Waals surface area contributed by atoms with Gasteiger partial charge in [-0.3, -0.25) is 0 Å². The third-order valence-corrected chi connectivity index (χ3v) is 3.36.